The van der Waals surface area contributed by atoms with Gasteiger partial charge in [0.1, 0.15) is 11.9 Å². The van der Waals surface area contributed by atoms with Gasteiger partial charge in [-0.3, -0.25) is 0 Å². The maximum Gasteiger partial charge on any atom is 0.434 e. The molecular formula is C21H27F3N4O4S. The molecule has 12 heteroatoms. The van der Waals surface area contributed by atoms with Crippen molar-refractivity contribution in [2.75, 3.05) is 13.1 Å². The van der Waals surface area contributed by atoms with Gasteiger partial charge in [-0.05, 0) is 54.9 Å². The number of alkyl halides is 2. The van der Waals surface area contributed by atoms with Crippen LogP contribution in [0, 0.1) is 25.1 Å². The van der Waals surface area contributed by atoms with Crippen molar-refractivity contribution in [1.82, 2.24) is 19.2 Å². The van der Waals surface area contributed by atoms with Crippen LogP contribution in [0.15, 0.2) is 21.3 Å². The molecular weight excluding hydrogens is 461 g/mol. The molecule has 1 spiro atoms. The maximum absolute atomic E-state index is 14.8. The third-order valence-corrected chi connectivity index (χ3v) is 8.67. The molecule has 2 fully saturated rings. The van der Waals surface area contributed by atoms with Gasteiger partial charge in [0.05, 0.1) is 0 Å². The van der Waals surface area contributed by atoms with E-state index in [1.807, 2.05) is 6.92 Å². The Morgan fingerprint density at radius 2 is 1.85 bits per heavy atom. The fourth-order valence-electron chi connectivity index (χ4n) is 5.11. The molecule has 1 saturated heterocycles. The minimum Gasteiger partial charge on any atom is -0.391 e. The molecule has 2 heterocycles. The molecule has 1 saturated carbocycles. The van der Waals surface area contributed by atoms with E-state index in [9.17, 15) is 26.4 Å². The van der Waals surface area contributed by atoms with E-state index in [-0.39, 0.29) is 37.4 Å². The fraction of sp³-hybridized carbons (Fsp3) is 0.619. The van der Waals surface area contributed by atoms with Crippen molar-refractivity contribution in [2.24, 2.45) is 5.41 Å². The van der Waals surface area contributed by atoms with Crippen molar-refractivity contribution < 1.29 is 26.0 Å². The van der Waals surface area contributed by atoms with E-state index >= 15 is 0 Å². The van der Waals surface area contributed by atoms with Gasteiger partial charge in [-0.25, -0.2) is 23.1 Å². The van der Waals surface area contributed by atoms with Gasteiger partial charge in [-0.1, -0.05) is 13.0 Å². The van der Waals surface area contributed by atoms with Crippen molar-refractivity contribution in [3.63, 3.8) is 0 Å². The fourth-order valence-corrected chi connectivity index (χ4v) is 6.54. The quantitative estimate of drug-likeness (QED) is 0.649. The van der Waals surface area contributed by atoms with Crippen molar-refractivity contribution >= 4 is 10.2 Å². The summed E-state index contributed by atoms with van der Waals surface area (Å²) in [5, 5.41) is 5.89. The number of aryl methyl sites for hydroxylation is 1. The Morgan fingerprint density at radius 1 is 1.21 bits per heavy atom. The zero-order valence-corrected chi connectivity index (χ0v) is 19.4. The minimum atomic E-state index is -4.12. The Kier molecular flexibility index (Phi) is 5.98. The lowest BCUT2D eigenvalue weighted by molar-refractivity contribution is -0.174. The molecule has 182 valence electrons. The molecule has 2 atom stereocenters. The van der Waals surface area contributed by atoms with E-state index in [0.717, 1.165) is 5.56 Å². The van der Waals surface area contributed by atoms with Gasteiger partial charge >= 0.3 is 5.76 Å². The highest BCUT2D eigenvalue weighted by Crippen LogP contribution is 2.57. The summed E-state index contributed by atoms with van der Waals surface area (Å²) in [6.45, 7) is 5.35. The van der Waals surface area contributed by atoms with Crippen molar-refractivity contribution in [3.8, 4) is 0 Å². The Morgan fingerprint density at radius 3 is 2.39 bits per heavy atom. The monoisotopic (exact) mass is 488 g/mol. The predicted octanol–water partition coefficient (Wildman–Crippen LogP) is 3.31. The van der Waals surface area contributed by atoms with Crippen molar-refractivity contribution in [2.45, 2.75) is 64.3 Å². The highest BCUT2D eigenvalue weighted by Gasteiger charge is 2.57. The van der Waals surface area contributed by atoms with Gasteiger partial charge < -0.3 is 4.42 Å². The summed E-state index contributed by atoms with van der Waals surface area (Å²) in [4.78, 5) is 11.6. The SMILES string of the molecule is Cc1ccc(F)c([C@H](C)[C@H](NS(=O)(=O)N2CCC3(CC2)CC(F)(F)C3)c2n[nH]c(=O)o2)c1C. The molecule has 2 aromatic rings. The molecule has 8 nitrogen and oxygen atoms in total. The van der Waals surface area contributed by atoms with Gasteiger partial charge in [-0.15, -0.1) is 5.10 Å². The number of aromatic nitrogens is 2. The first-order valence-electron chi connectivity index (χ1n) is 10.8. The maximum atomic E-state index is 14.8. The Bertz CT molecular complexity index is 1190. The lowest BCUT2D eigenvalue weighted by Gasteiger charge is -2.51. The lowest BCUT2D eigenvalue weighted by Crippen LogP contribution is -2.55. The molecule has 4 rings (SSSR count). The number of halogens is 3. The standard InChI is InChI=1S/C21H27F3N4O4S/c1-12-4-5-15(22)16(13(12)2)14(3)17(18-25-26-19(29)32-18)27-33(30,31)28-8-6-20(7-9-28)10-21(23,24)11-20/h4-5,14,17,27H,6-11H2,1-3H3,(H,26,29)/t14-,17-/m0/s1. The normalized spacial score (nSPS) is 22.1. The second-order valence-electron chi connectivity index (χ2n) is 9.35. The third kappa shape index (κ3) is 4.60. The van der Waals surface area contributed by atoms with Gasteiger partial charge in [0.2, 0.25) is 11.8 Å². The molecule has 2 N–H and O–H groups in total. The number of rotatable bonds is 6. The summed E-state index contributed by atoms with van der Waals surface area (Å²) in [5.41, 5.74) is 1.24. The molecule has 33 heavy (non-hydrogen) atoms. The van der Waals surface area contributed by atoms with Crippen LogP contribution < -0.4 is 10.5 Å². The number of hydrogen-bond acceptors (Lipinski definition) is 5. The van der Waals surface area contributed by atoms with Crippen molar-refractivity contribution in [3.05, 3.63) is 51.1 Å². The molecule has 0 unspecified atom stereocenters. The van der Waals surface area contributed by atoms with Gasteiger partial charge in [0, 0.05) is 31.8 Å². The van der Waals surface area contributed by atoms with E-state index in [0.29, 0.717) is 18.4 Å². The van der Waals surface area contributed by atoms with Crippen LogP contribution in [-0.4, -0.2) is 41.9 Å². The Hall–Kier alpha value is -2.18. The first-order valence-corrected chi connectivity index (χ1v) is 12.2. The average molecular weight is 489 g/mol. The number of nitrogens with one attached hydrogen (secondary N) is 2. The largest absolute Gasteiger partial charge is 0.434 e. The summed E-state index contributed by atoms with van der Waals surface area (Å²) in [6, 6.07) is 1.76. The molecule has 0 amide bonds. The van der Waals surface area contributed by atoms with E-state index in [2.05, 4.69) is 14.9 Å². The van der Waals surface area contributed by atoms with Crippen LogP contribution in [-0.2, 0) is 10.2 Å². The third-order valence-electron chi connectivity index (χ3n) is 7.07. The van der Waals surface area contributed by atoms with E-state index in [1.165, 1.54) is 10.4 Å². The summed E-state index contributed by atoms with van der Waals surface area (Å²) in [5.74, 6) is -5.05. The molecule has 1 aromatic carbocycles. The number of aromatic amines is 1. The highest BCUT2D eigenvalue weighted by atomic mass is 32.2. The topological polar surface area (TPSA) is 108 Å². The second-order valence-corrected chi connectivity index (χ2v) is 11.1. The van der Waals surface area contributed by atoms with E-state index in [4.69, 9.17) is 4.42 Å². The van der Waals surface area contributed by atoms with E-state index < -0.39 is 45.1 Å². The van der Waals surface area contributed by atoms with Crippen LogP contribution in [0.1, 0.15) is 67.1 Å². The smallest absolute Gasteiger partial charge is 0.391 e. The summed E-state index contributed by atoms with van der Waals surface area (Å²) in [6.07, 6.45) is 0.246. The Balaban J connectivity index is 1.59. The molecule has 1 aliphatic heterocycles. The summed E-state index contributed by atoms with van der Waals surface area (Å²) >= 11 is 0. The highest BCUT2D eigenvalue weighted by molar-refractivity contribution is 7.87. The summed E-state index contributed by atoms with van der Waals surface area (Å²) < 4.78 is 76.7. The first-order chi connectivity index (χ1) is 15.3. The second kappa shape index (κ2) is 8.24. The Labute approximate surface area is 189 Å². The zero-order valence-electron chi connectivity index (χ0n) is 18.6. The predicted molar refractivity (Wildman–Crippen MR) is 114 cm³/mol. The van der Waals surface area contributed by atoms with Crippen LogP contribution >= 0.6 is 0 Å². The summed E-state index contributed by atoms with van der Waals surface area (Å²) in [7, 11) is -4.12. The number of hydrogen-bond donors (Lipinski definition) is 2. The van der Waals surface area contributed by atoms with Crippen LogP contribution in [0.2, 0.25) is 0 Å². The van der Waals surface area contributed by atoms with Crippen LogP contribution in [0.3, 0.4) is 0 Å². The average Bonchev–Trinajstić information content (AvgIpc) is 3.14. The molecule has 1 aromatic heterocycles. The number of piperidine rings is 1. The zero-order chi connectivity index (χ0) is 24.2. The van der Waals surface area contributed by atoms with Gasteiger partial charge in [0.25, 0.3) is 10.2 Å². The number of benzene rings is 1. The van der Waals surface area contributed by atoms with Crippen LogP contribution in [0.25, 0.3) is 0 Å². The van der Waals surface area contributed by atoms with Crippen molar-refractivity contribution in [1.29, 1.82) is 0 Å². The van der Waals surface area contributed by atoms with Crippen LogP contribution in [0.4, 0.5) is 13.2 Å². The molecule has 0 radical (unpaired) electrons. The lowest BCUT2D eigenvalue weighted by atomic mass is 9.61. The molecule has 1 aliphatic carbocycles. The first kappa shape index (κ1) is 24.0. The minimum absolute atomic E-state index is 0.0921. The number of H-pyrrole nitrogens is 1. The van der Waals surface area contributed by atoms with Gasteiger partial charge in [-0.2, -0.15) is 17.4 Å². The molecule has 0 bridgehead atoms. The number of nitrogens with zero attached hydrogens (tertiary/aromatic N) is 2. The van der Waals surface area contributed by atoms with Crippen LogP contribution in [0.5, 0.6) is 0 Å². The van der Waals surface area contributed by atoms with Gasteiger partial charge in [0.15, 0.2) is 0 Å². The van der Waals surface area contributed by atoms with E-state index in [1.54, 1.807) is 19.9 Å². The molecule has 2 aliphatic rings.